The smallest absolute Gasteiger partial charge is 0.315 e. The highest BCUT2D eigenvalue weighted by molar-refractivity contribution is 6.00. The number of aromatic amines is 1. The lowest BCUT2D eigenvalue weighted by Gasteiger charge is -2.11. The quantitative estimate of drug-likeness (QED) is 0.507. The largest absolute Gasteiger partial charge is 0.403 e. The summed E-state index contributed by atoms with van der Waals surface area (Å²) in [5, 5.41) is 12.0. The van der Waals surface area contributed by atoms with E-state index in [1.54, 1.807) is 26.4 Å². The third-order valence-electron chi connectivity index (χ3n) is 4.68. The number of aromatic nitrogens is 3. The maximum absolute atomic E-state index is 14.7. The lowest BCUT2D eigenvalue weighted by Crippen LogP contribution is -2.21. The first-order valence-electron chi connectivity index (χ1n) is 9.56. The Balaban J connectivity index is 1.78. The minimum absolute atomic E-state index is 0.164. The summed E-state index contributed by atoms with van der Waals surface area (Å²) in [6, 6.07) is 10.5. The summed E-state index contributed by atoms with van der Waals surface area (Å²) in [4.78, 5) is 16.9. The standard InChI is InChI=1S/C22H22FN5O2/c1-12(2)25-22-27-26-20(30-22)13-6-8-19-16(9-13)17(11-24-19)15-10-14(5-7-18(15)23)21(29)28(3)4/h5-12,24H,1-4H3,(H,25,27). The number of halogens is 1. The molecule has 7 nitrogen and oxygen atoms in total. The molecule has 0 aliphatic carbocycles. The van der Waals surface area contributed by atoms with Crippen molar-refractivity contribution in [1.29, 1.82) is 0 Å². The van der Waals surface area contributed by atoms with E-state index in [0.29, 0.717) is 34.2 Å². The predicted molar refractivity (Wildman–Crippen MR) is 114 cm³/mol. The zero-order valence-electron chi connectivity index (χ0n) is 17.2. The number of nitrogens with zero attached hydrogens (tertiary/aromatic N) is 3. The Labute approximate surface area is 172 Å². The summed E-state index contributed by atoms with van der Waals surface area (Å²) in [7, 11) is 3.33. The van der Waals surface area contributed by atoms with Gasteiger partial charge in [0.25, 0.3) is 5.91 Å². The van der Waals surface area contributed by atoms with Crippen LogP contribution in [0.25, 0.3) is 33.5 Å². The Bertz CT molecular complexity index is 1230. The van der Waals surface area contributed by atoms with Gasteiger partial charge in [-0.1, -0.05) is 5.10 Å². The highest BCUT2D eigenvalue weighted by Gasteiger charge is 2.17. The fourth-order valence-corrected chi connectivity index (χ4v) is 3.24. The molecule has 0 radical (unpaired) electrons. The van der Waals surface area contributed by atoms with Gasteiger partial charge >= 0.3 is 6.01 Å². The molecule has 1 amide bonds. The van der Waals surface area contributed by atoms with Crippen molar-refractivity contribution in [3.05, 3.63) is 54.0 Å². The van der Waals surface area contributed by atoms with E-state index in [1.165, 1.54) is 17.0 Å². The molecule has 2 heterocycles. The third kappa shape index (κ3) is 3.63. The van der Waals surface area contributed by atoms with Crippen LogP contribution < -0.4 is 5.32 Å². The molecule has 154 valence electrons. The zero-order chi connectivity index (χ0) is 21.4. The predicted octanol–water partition coefficient (Wildman–Crippen LogP) is 4.55. The Hall–Kier alpha value is -3.68. The first-order chi connectivity index (χ1) is 14.3. The molecule has 2 N–H and O–H groups in total. The molecule has 0 saturated heterocycles. The van der Waals surface area contributed by atoms with Crippen LogP contribution in [0.3, 0.4) is 0 Å². The van der Waals surface area contributed by atoms with Crippen molar-refractivity contribution in [2.45, 2.75) is 19.9 Å². The van der Waals surface area contributed by atoms with Gasteiger partial charge in [-0.2, -0.15) is 0 Å². The SMILES string of the molecule is CC(C)Nc1nnc(-c2ccc3[nH]cc(-c4cc(C(=O)N(C)C)ccc4F)c3c2)o1. The van der Waals surface area contributed by atoms with Crippen molar-refractivity contribution in [3.8, 4) is 22.6 Å². The lowest BCUT2D eigenvalue weighted by molar-refractivity contribution is 0.0827. The minimum atomic E-state index is -0.405. The van der Waals surface area contributed by atoms with Crippen molar-refractivity contribution in [3.63, 3.8) is 0 Å². The van der Waals surface area contributed by atoms with Crippen molar-refractivity contribution in [1.82, 2.24) is 20.1 Å². The average Bonchev–Trinajstić information content (AvgIpc) is 3.33. The Morgan fingerprint density at radius 3 is 2.67 bits per heavy atom. The molecule has 0 saturated carbocycles. The molecule has 0 fully saturated rings. The number of amides is 1. The van der Waals surface area contributed by atoms with Gasteiger partial charge in [-0.25, -0.2) is 4.39 Å². The van der Waals surface area contributed by atoms with Crippen LogP contribution in [0.15, 0.2) is 47.0 Å². The number of carbonyl (C=O) groups is 1. The summed E-state index contributed by atoms with van der Waals surface area (Å²) < 4.78 is 20.4. The summed E-state index contributed by atoms with van der Waals surface area (Å²) in [5.74, 6) is -0.227. The van der Waals surface area contributed by atoms with E-state index in [4.69, 9.17) is 4.42 Å². The van der Waals surface area contributed by atoms with E-state index in [2.05, 4.69) is 20.5 Å². The van der Waals surface area contributed by atoms with Crippen LogP contribution in [0.2, 0.25) is 0 Å². The van der Waals surface area contributed by atoms with E-state index in [9.17, 15) is 9.18 Å². The molecular formula is C22H22FN5O2. The van der Waals surface area contributed by atoms with E-state index >= 15 is 0 Å². The molecule has 0 aliphatic rings. The second-order valence-electron chi connectivity index (χ2n) is 7.57. The number of hydrogen-bond acceptors (Lipinski definition) is 5. The van der Waals surface area contributed by atoms with Gasteiger partial charge in [0.1, 0.15) is 5.82 Å². The van der Waals surface area contributed by atoms with Gasteiger partial charge in [-0.15, -0.1) is 5.10 Å². The fourth-order valence-electron chi connectivity index (χ4n) is 3.24. The number of hydrogen-bond donors (Lipinski definition) is 2. The maximum atomic E-state index is 14.7. The number of rotatable bonds is 5. The Morgan fingerprint density at radius 1 is 1.13 bits per heavy atom. The average molecular weight is 407 g/mol. The lowest BCUT2D eigenvalue weighted by atomic mass is 10.00. The van der Waals surface area contributed by atoms with Gasteiger partial charge in [-0.3, -0.25) is 4.79 Å². The minimum Gasteiger partial charge on any atom is -0.403 e. The number of benzene rings is 2. The van der Waals surface area contributed by atoms with Crippen molar-refractivity contribution >= 4 is 22.8 Å². The van der Waals surface area contributed by atoms with Gasteiger partial charge < -0.3 is 19.6 Å². The first kappa shape index (κ1) is 19.6. The summed E-state index contributed by atoms with van der Waals surface area (Å²) in [6.45, 7) is 3.96. The molecule has 4 aromatic rings. The molecule has 30 heavy (non-hydrogen) atoms. The van der Waals surface area contributed by atoms with E-state index in [1.807, 2.05) is 32.0 Å². The zero-order valence-corrected chi connectivity index (χ0v) is 17.2. The topological polar surface area (TPSA) is 87.0 Å². The molecule has 0 atom stereocenters. The van der Waals surface area contributed by atoms with Crippen molar-refractivity contribution < 1.29 is 13.6 Å². The molecule has 8 heteroatoms. The van der Waals surface area contributed by atoms with E-state index in [0.717, 1.165) is 10.9 Å². The summed E-state index contributed by atoms with van der Waals surface area (Å²) in [5.41, 5.74) is 2.96. The van der Waals surface area contributed by atoms with Crippen molar-refractivity contribution in [2.75, 3.05) is 19.4 Å². The van der Waals surface area contributed by atoms with Crippen LogP contribution in [0.4, 0.5) is 10.4 Å². The van der Waals surface area contributed by atoms with Crippen LogP contribution in [-0.2, 0) is 0 Å². The normalized spacial score (nSPS) is 11.3. The summed E-state index contributed by atoms with van der Waals surface area (Å²) >= 11 is 0. The van der Waals surface area contributed by atoms with Crippen LogP contribution in [0.5, 0.6) is 0 Å². The third-order valence-corrected chi connectivity index (χ3v) is 4.68. The van der Waals surface area contributed by atoms with Gasteiger partial charge in [0.2, 0.25) is 5.89 Å². The van der Waals surface area contributed by atoms with Gasteiger partial charge in [0, 0.05) is 59.5 Å². The number of carbonyl (C=O) groups excluding carboxylic acids is 1. The van der Waals surface area contributed by atoms with E-state index in [-0.39, 0.29) is 11.9 Å². The number of fused-ring (bicyclic) bond motifs is 1. The van der Waals surface area contributed by atoms with Gasteiger partial charge in [0.15, 0.2) is 0 Å². The maximum Gasteiger partial charge on any atom is 0.315 e. The van der Waals surface area contributed by atoms with Gasteiger partial charge in [0.05, 0.1) is 0 Å². The van der Waals surface area contributed by atoms with Gasteiger partial charge in [-0.05, 0) is 50.2 Å². The van der Waals surface area contributed by atoms with Crippen molar-refractivity contribution in [2.24, 2.45) is 0 Å². The fraction of sp³-hybridized carbons (Fsp3) is 0.227. The molecule has 0 bridgehead atoms. The second-order valence-corrected chi connectivity index (χ2v) is 7.57. The van der Waals surface area contributed by atoms with Crippen LogP contribution >= 0.6 is 0 Å². The summed E-state index contributed by atoms with van der Waals surface area (Å²) in [6.07, 6.45) is 1.73. The molecule has 4 rings (SSSR count). The highest BCUT2D eigenvalue weighted by Crippen LogP contribution is 2.34. The molecule has 0 spiro atoms. The second kappa shape index (κ2) is 7.62. The van der Waals surface area contributed by atoms with Crippen LogP contribution in [0, 0.1) is 5.82 Å². The molecule has 0 unspecified atom stereocenters. The number of anilines is 1. The molecule has 2 aromatic heterocycles. The van der Waals surface area contributed by atoms with Crippen LogP contribution in [-0.4, -0.2) is 46.1 Å². The molecule has 0 aliphatic heterocycles. The monoisotopic (exact) mass is 407 g/mol. The molecule has 2 aromatic carbocycles. The van der Waals surface area contributed by atoms with E-state index < -0.39 is 5.82 Å². The molecular weight excluding hydrogens is 385 g/mol. The Kier molecular flexibility index (Phi) is 4.99. The number of H-pyrrole nitrogens is 1. The number of nitrogens with one attached hydrogen (secondary N) is 2. The van der Waals surface area contributed by atoms with Crippen LogP contribution in [0.1, 0.15) is 24.2 Å². The highest BCUT2D eigenvalue weighted by atomic mass is 19.1. The first-order valence-corrected chi connectivity index (χ1v) is 9.56. The Morgan fingerprint density at radius 2 is 1.93 bits per heavy atom.